The zero-order valence-corrected chi connectivity index (χ0v) is 12.0. The number of nitrogens with zero attached hydrogens (tertiary/aromatic N) is 1. The monoisotopic (exact) mass is 242 g/mol. The molecule has 3 nitrogen and oxygen atoms in total. The molecule has 3 heteroatoms. The summed E-state index contributed by atoms with van der Waals surface area (Å²) in [4.78, 5) is 2.46. The molecule has 102 valence electrons. The van der Waals surface area contributed by atoms with E-state index >= 15 is 0 Å². The second-order valence-electron chi connectivity index (χ2n) is 5.98. The largest absolute Gasteiger partial charge is 0.394 e. The minimum absolute atomic E-state index is 0.134. The summed E-state index contributed by atoms with van der Waals surface area (Å²) in [5.41, 5.74) is -0.134. The fraction of sp³-hybridized carbons (Fsp3) is 1.00. The van der Waals surface area contributed by atoms with E-state index in [0.717, 1.165) is 25.6 Å². The lowest BCUT2D eigenvalue weighted by Crippen LogP contribution is -2.55. The second-order valence-corrected chi connectivity index (χ2v) is 5.98. The predicted octanol–water partition coefficient (Wildman–Crippen LogP) is 1.86. The van der Waals surface area contributed by atoms with Crippen molar-refractivity contribution in [3.63, 3.8) is 0 Å². The van der Waals surface area contributed by atoms with E-state index < -0.39 is 0 Å². The van der Waals surface area contributed by atoms with Crippen molar-refractivity contribution in [3.05, 3.63) is 0 Å². The maximum Gasteiger partial charge on any atom is 0.0623 e. The third kappa shape index (κ3) is 5.36. The molecule has 0 bridgehead atoms. The summed E-state index contributed by atoms with van der Waals surface area (Å²) in [7, 11) is 0. The summed E-state index contributed by atoms with van der Waals surface area (Å²) >= 11 is 0. The third-order valence-electron chi connectivity index (χ3n) is 3.77. The molecular weight excluding hydrogens is 212 g/mol. The van der Waals surface area contributed by atoms with Crippen LogP contribution in [0.4, 0.5) is 0 Å². The van der Waals surface area contributed by atoms with Gasteiger partial charge in [-0.2, -0.15) is 0 Å². The third-order valence-corrected chi connectivity index (χ3v) is 3.77. The number of likely N-dealkylation sites (N-methyl/N-ethyl adjacent to an activating group) is 1. The van der Waals surface area contributed by atoms with Crippen LogP contribution in [0.5, 0.6) is 0 Å². The number of nitrogens with one attached hydrogen (secondary N) is 1. The Hall–Kier alpha value is -0.120. The normalized spacial score (nSPS) is 21.5. The molecule has 1 fully saturated rings. The Kier molecular flexibility index (Phi) is 5.90. The van der Waals surface area contributed by atoms with Gasteiger partial charge in [-0.15, -0.1) is 0 Å². The van der Waals surface area contributed by atoms with Crippen LogP contribution in [0.25, 0.3) is 0 Å². The van der Waals surface area contributed by atoms with E-state index in [1.54, 1.807) is 0 Å². The number of aliphatic hydroxyl groups is 1. The van der Waals surface area contributed by atoms with Crippen LogP contribution >= 0.6 is 0 Å². The second kappa shape index (κ2) is 6.72. The van der Waals surface area contributed by atoms with Gasteiger partial charge in [0.1, 0.15) is 0 Å². The van der Waals surface area contributed by atoms with Gasteiger partial charge in [-0.25, -0.2) is 0 Å². The van der Waals surface area contributed by atoms with Gasteiger partial charge in [-0.1, -0.05) is 27.2 Å². The molecule has 17 heavy (non-hydrogen) atoms. The zero-order chi connectivity index (χ0) is 12.9. The smallest absolute Gasteiger partial charge is 0.0623 e. The zero-order valence-electron chi connectivity index (χ0n) is 12.0. The molecule has 2 N–H and O–H groups in total. The number of rotatable bonds is 9. The van der Waals surface area contributed by atoms with Gasteiger partial charge in [0.25, 0.3) is 0 Å². The van der Waals surface area contributed by atoms with E-state index in [0.29, 0.717) is 6.04 Å². The topological polar surface area (TPSA) is 35.5 Å². The molecule has 0 aliphatic heterocycles. The molecule has 2 unspecified atom stereocenters. The molecule has 1 aliphatic rings. The summed E-state index contributed by atoms with van der Waals surface area (Å²) in [5.74, 6) is 0.735. The standard InChI is InChI=1S/C14H30N2O/c1-5-12(3)9-16(6-2)10-14(4,11-17)15-13-7-8-13/h12-13,15,17H,5-11H2,1-4H3. The quantitative estimate of drug-likeness (QED) is 0.648. The highest BCUT2D eigenvalue weighted by Crippen LogP contribution is 2.23. The Labute approximate surface area is 107 Å². The summed E-state index contributed by atoms with van der Waals surface area (Å²) in [5, 5.41) is 13.2. The van der Waals surface area contributed by atoms with Crippen molar-refractivity contribution in [3.8, 4) is 0 Å². The van der Waals surface area contributed by atoms with Gasteiger partial charge in [-0.05, 0) is 32.2 Å². The van der Waals surface area contributed by atoms with Crippen molar-refractivity contribution < 1.29 is 5.11 Å². The summed E-state index contributed by atoms with van der Waals surface area (Å²) in [6.45, 7) is 12.3. The van der Waals surface area contributed by atoms with E-state index in [1.165, 1.54) is 19.3 Å². The van der Waals surface area contributed by atoms with Crippen LogP contribution in [0.1, 0.15) is 47.0 Å². The Balaban J connectivity index is 2.44. The highest BCUT2D eigenvalue weighted by atomic mass is 16.3. The average molecular weight is 242 g/mol. The lowest BCUT2D eigenvalue weighted by atomic mass is 10.0. The van der Waals surface area contributed by atoms with Gasteiger partial charge < -0.3 is 15.3 Å². The first kappa shape index (κ1) is 14.9. The summed E-state index contributed by atoms with van der Waals surface area (Å²) in [6, 6.07) is 0.648. The van der Waals surface area contributed by atoms with Crippen LogP contribution in [0.15, 0.2) is 0 Å². The highest BCUT2D eigenvalue weighted by Gasteiger charge is 2.33. The molecular formula is C14H30N2O. The molecule has 0 heterocycles. The molecule has 0 spiro atoms. The molecule has 2 atom stereocenters. The van der Waals surface area contributed by atoms with E-state index in [-0.39, 0.29) is 12.1 Å². The first-order chi connectivity index (χ1) is 8.03. The van der Waals surface area contributed by atoms with Crippen molar-refractivity contribution >= 4 is 0 Å². The molecule has 0 amide bonds. The minimum Gasteiger partial charge on any atom is -0.394 e. The van der Waals surface area contributed by atoms with E-state index in [9.17, 15) is 5.11 Å². The summed E-state index contributed by atoms with van der Waals surface area (Å²) in [6.07, 6.45) is 3.77. The van der Waals surface area contributed by atoms with Gasteiger partial charge in [0, 0.05) is 19.1 Å². The van der Waals surface area contributed by atoms with Crippen LogP contribution < -0.4 is 5.32 Å². The van der Waals surface area contributed by atoms with Crippen LogP contribution in [0.3, 0.4) is 0 Å². The van der Waals surface area contributed by atoms with Gasteiger partial charge >= 0.3 is 0 Å². The minimum atomic E-state index is -0.134. The maximum atomic E-state index is 9.61. The fourth-order valence-corrected chi connectivity index (χ4v) is 2.23. The lowest BCUT2D eigenvalue weighted by molar-refractivity contribution is 0.113. The highest BCUT2D eigenvalue weighted by molar-refractivity contribution is 4.94. The molecule has 0 aromatic heterocycles. The Morgan fingerprint density at radius 3 is 2.47 bits per heavy atom. The molecule has 1 rings (SSSR count). The Bertz CT molecular complexity index is 218. The van der Waals surface area contributed by atoms with Crippen molar-refractivity contribution in [1.29, 1.82) is 0 Å². The van der Waals surface area contributed by atoms with Crippen LogP contribution in [0.2, 0.25) is 0 Å². The van der Waals surface area contributed by atoms with Crippen molar-refractivity contribution in [2.24, 2.45) is 5.92 Å². The Morgan fingerprint density at radius 2 is 2.06 bits per heavy atom. The molecule has 0 saturated heterocycles. The molecule has 1 saturated carbocycles. The molecule has 0 aromatic carbocycles. The fourth-order valence-electron chi connectivity index (χ4n) is 2.23. The first-order valence-corrected chi connectivity index (χ1v) is 7.14. The Morgan fingerprint density at radius 1 is 1.41 bits per heavy atom. The SMILES string of the molecule is CCC(C)CN(CC)CC(C)(CO)NC1CC1. The van der Waals surface area contributed by atoms with Crippen molar-refractivity contribution in [2.45, 2.75) is 58.5 Å². The van der Waals surface area contributed by atoms with Gasteiger partial charge in [0.15, 0.2) is 0 Å². The predicted molar refractivity (Wildman–Crippen MR) is 73.2 cm³/mol. The lowest BCUT2D eigenvalue weighted by Gasteiger charge is -2.36. The van der Waals surface area contributed by atoms with Gasteiger partial charge in [0.2, 0.25) is 0 Å². The van der Waals surface area contributed by atoms with Crippen LogP contribution in [0, 0.1) is 5.92 Å². The van der Waals surface area contributed by atoms with Crippen molar-refractivity contribution in [2.75, 3.05) is 26.2 Å². The number of hydrogen-bond acceptors (Lipinski definition) is 3. The molecule has 1 aliphatic carbocycles. The van der Waals surface area contributed by atoms with Crippen LogP contribution in [-0.4, -0.2) is 47.8 Å². The number of hydrogen-bond donors (Lipinski definition) is 2. The van der Waals surface area contributed by atoms with Gasteiger partial charge in [0.05, 0.1) is 12.1 Å². The molecule has 0 aromatic rings. The number of aliphatic hydroxyl groups excluding tert-OH is 1. The maximum absolute atomic E-state index is 9.61. The first-order valence-electron chi connectivity index (χ1n) is 7.14. The average Bonchev–Trinajstić information content (AvgIpc) is 3.11. The molecule has 0 radical (unpaired) electrons. The van der Waals surface area contributed by atoms with Gasteiger partial charge in [-0.3, -0.25) is 0 Å². The van der Waals surface area contributed by atoms with E-state index in [2.05, 4.69) is 37.9 Å². The van der Waals surface area contributed by atoms with Crippen molar-refractivity contribution in [1.82, 2.24) is 10.2 Å². The van der Waals surface area contributed by atoms with E-state index in [4.69, 9.17) is 0 Å². The van der Waals surface area contributed by atoms with E-state index in [1.807, 2.05) is 0 Å². The van der Waals surface area contributed by atoms with Crippen LogP contribution in [-0.2, 0) is 0 Å². The summed E-state index contributed by atoms with van der Waals surface area (Å²) < 4.78 is 0.